The third-order valence-electron chi connectivity index (χ3n) is 4.37. The van der Waals surface area contributed by atoms with Crippen molar-refractivity contribution in [1.82, 2.24) is 15.3 Å². The number of aromatic nitrogens is 2. The van der Waals surface area contributed by atoms with Gasteiger partial charge in [0.1, 0.15) is 5.82 Å². The Bertz CT molecular complexity index is 1060. The lowest BCUT2D eigenvalue weighted by molar-refractivity contribution is -0.124. The van der Waals surface area contributed by atoms with Crippen molar-refractivity contribution in [3.8, 4) is 0 Å². The summed E-state index contributed by atoms with van der Waals surface area (Å²) in [6.07, 6.45) is 1.21. The third kappa shape index (κ3) is 4.82. The molecular weight excluding hydrogens is 356 g/mol. The van der Waals surface area contributed by atoms with E-state index < -0.39 is 0 Å². The van der Waals surface area contributed by atoms with E-state index in [0.717, 1.165) is 17.7 Å². The van der Waals surface area contributed by atoms with Gasteiger partial charge in [0.25, 0.3) is 5.56 Å². The first-order valence-corrected chi connectivity index (χ1v) is 9.19. The summed E-state index contributed by atoms with van der Waals surface area (Å²) in [6, 6.07) is 14.6. The summed E-state index contributed by atoms with van der Waals surface area (Å²) in [4.78, 5) is 43.2. The number of aryl methyl sites for hydroxylation is 2. The van der Waals surface area contributed by atoms with Gasteiger partial charge in [-0.2, -0.15) is 0 Å². The van der Waals surface area contributed by atoms with E-state index in [-0.39, 0.29) is 36.8 Å². The van der Waals surface area contributed by atoms with Gasteiger partial charge in [-0.1, -0.05) is 37.3 Å². The number of hydrogen-bond donors (Lipinski definition) is 3. The number of aromatic amines is 1. The number of amides is 2. The van der Waals surface area contributed by atoms with Crippen LogP contribution < -0.4 is 16.2 Å². The van der Waals surface area contributed by atoms with Gasteiger partial charge in [0.05, 0.1) is 17.4 Å². The van der Waals surface area contributed by atoms with Crippen molar-refractivity contribution in [2.24, 2.45) is 0 Å². The number of hydrogen-bond acceptors (Lipinski definition) is 4. The molecule has 7 nitrogen and oxygen atoms in total. The zero-order chi connectivity index (χ0) is 19.9. The Balaban J connectivity index is 1.51. The lowest BCUT2D eigenvalue weighted by Gasteiger charge is -2.10. The van der Waals surface area contributed by atoms with Crippen LogP contribution in [0.15, 0.2) is 53.3 Å². The number of fused-ring (bicyclic) bond motifs is 1. The predicted octanol–water partition coefficient (Wildman–Crippen LogP) is 2.17. The maximum Gasteiger partial charge on any atom is 0.258 e. The minimum atomic E-state index is -0.286. The van der Waals surface area contributed by atoms with E-state index in [9.17, 15) is 14.4 Å². The lowest BCUT2D eigenvalue weighted by atomic mass is 10.1. The first-order valence-electron chi connectivity index (χ1n) is 9.19. The van der Waals surface area contributed by atoms with Crippen LogP contribution in [0.5, 0.6) is 0 Å². The van der Waals surface area contributed by atoms with Gasteiger partial charge in [0.2, 0.25) is 11.8 Å². The molecule has 28 heavy (non-hydrogen) atoms. The molecule has 0 saturated heterocycles. The molecule has 0 bridgehead atoms. The number of benzene rings is 2. The van der Waals surface area contributed by atoms with Gasteiger partial charge in [0, 0.05) is 18.5 Å². The molecule has 0 fully saturated rings. The van der Waals surface area contributed by atoms with E-state index in [1.165, 1.54) is 0 Å². The summed E-state index contributed by atoms with van der Waals surface area (Å²) in [7, 11) is 0. The monoisotopic (exact) mass is 378 g/mol. The van der Waals surface area contributed by atoms with Crippen LogP contribution in [-0.4, -0.2) is 28.3 Å². The largest absolute Gasteiger partial charge is 0.347 e. The van der Waals surface area contributed by atoms with Crippen molar-refractivity contribution in [1.29, 1.82) is 0 Å². The Hall–Kier alpha value is -3.48. The summed E-state index contributed by atoms with van der Waals surface area (Å²) in [5, 5.41) is 5.91. The van der Waals surface area contributed by atoms with Gasteiger partial charge in [-0.25, -0.2) is 4.98 Å². The maximum atomic E-state index is 12.1. The molecule has 2 aromatic carbocycles. The summed E-state index contributed by atoms with van der Waals surface area (Å²) >= 11 is 0. The molecule has 0 atom stereocenters. The highest BCUT2D eigenvalue weighted by Gasteiger charge is 2.09. The van der Waals surface area contributed by atoms with Gasteiger partial charge in [-0.05, 0) is 30.2 Å². The fourth-order valence-electron chi connectivity index (χ4n) is 2.90. The molecular formula is C21H22N4O3. The average molecular weight is 378 g/mol. The molecule has 144 valence electrons. The number of para-hydroxylation sites is 2. The minimum Gasteiger partial charge on any atom is -0.347 e. The van der Waals surface area contributed by atoms with Crippen LogP contribution in [0.3, 0.4) is 0 Å². The molecule has 3 N–H and O–H groups in total. The van der Waals surface area contributed by atoms with Crippen molar-refractivity contribution in [2.45, 2.75) is 26.2 Å². The zero-order valence-electron chi connectivity index (χ0n) is 15.6. The number of H-pyrrole nitrogens is 1. The molecule has 3 aromatic rings. The van der Waals surface area contributed by atoms with Crippen LogP contribution in [0.1, 0.15) is 24.7 Å². The van der Waals surface area contributed by atoms with Crippen LogP contribution in [0.25, 0.3) is 10.9 Å². The second kappa shape index (κ2) is 8.94. The second-order valence-electron chi connectivity index (χ2n) is 6.37. The molecule has 0 aliphatic rings. The molecule has 3 rings (SSSR count). The molecule has 0 aliphatic carbocycles. The molecule has 1 heterocycles. The van der Waals surface area contributed by atoms with Crippen LogP contribution in [0, 0.1) is 0 Å². The van der Waals surface area contributed by atoms with E-state index in [1.54, 1.807) is 24.3 Å². The smallest absolute Gasteiger partial charge is 0.258 e. The van der Waals surface area contributed by atoms with Crippen molar-refractivity contribution in [3.05, 3.63) is 70.3 Å². The highest BCUT2D eigenvalue weighted by molar-refractivity contribution is 5.95. The predicted molar refractivity (Wildman–Crippen MR) is 108 cm³/mol. The fraction of sp³-hybridized carbons (Fsp3) is 0.238. The first-order chi connectivity index (χ1) is 13.6. The number of nitrogens with zero attached hydrogens (tertiary/aromatic N) is 1. The van der Waals surface area contributed by atoms with Gasteiger partial charge in [0.15, 0.2) is 0 Å². The highest BCUT2D eigenvalue weighted by Crippen LogP contribution is 2.15. The summed E-state index contributed by atoms with van der Waals surface area (Å²) in [5.41, 5.74) is 2.15. The van der Waals surface area contributed by atoms with E-state index in [1.807, 2.05) is 31.2 Å². The first kappa shape index (κ1) is 19.3. The highest BCUT2D eigenvalue weighted by atomic mass is 16.2. The van der Waals surface area contributed by atoms with Gasteiger partial charge >= 0.3 is 0 Å². The molecule has 0 radical (unpaired) electrons. The maximum absolute atomic E-state index is 12.1. The Morgan fingerprint density at radius 2 is 1.79 bits per heavy atom. The van der Waals surface area contributed by atoms with Crippen molar-refractivity contribution >= 4 is 28.4 Å². The Morgan fingerprint density at radius 3 is 2.61 bits per heavy atom. The molecule has 1 aromatic heterocycles. The van der Waals surface area contributed by atoms with Crippen molar-refractivity contribution in [2.75, 3.05) is 11.9 Å². The van der Waals surface area contributed by atoms with E-state index in [4.69, 9.17) is 0 Å². The van der Waals surface area contributed by atoms with Crippen molar-refractivity contribution < 1.29 is 9.59 Å². The van der Waals surface area contributed by atoms with E-state index in [0.29, 0.717) is 16.7 Å². The normalized spacial score (nSPS) is 10.6. The van der Waals surface area contributed by atoms with Crippen LogP contribution in [-0.2, 0) is 22.4 Å². The number of nitrogens with one attached hydrogen (secondary N) is 3. The quantitative estimate of drug-likeness (QED) is 0.586. The number of rotatable bonds is 7. The van der Waals surface area contributed by atoms with Crippen LogP contribution in [0.4, 0.5) is 5.69 Å². The molecule has 0 unspecified atom stereocenters. The topological polar surface area (TPSA) is 104 Å². The number of carbonyl (C=O) groups is 2. The lowest BCUT2D eigenvalue weighted by Crippen LogP contribution is -2.33. The van der Waals surface area contributed by atoms with Gasteiger partial charge in [-0.3, -0.25) is 14.4 Å². The molecule has 0 aliphatic heterocycles. The summed E-state index contributed by atoms with van der Waals surface area (Å²) in [6.45, 7) is 1.90. The standard InChI is InChI=1S/C21H22N4O3/c1-2-14-7-3-5-9-16(14)24-20(27)13-22-19(26)12-11-18-23-17-10-6-4-8-15(17)21(28)25-18/h3-10H,2,11-13H2,1H3,(H,22,26)(H,24,27)(H,23,25,28). The van der Waals surface area contributed by atoms with Gasteiger partial charge < -0.3 is 15.6 Å². The molecule has 2 amide bonds. The van der Waals surface area contributed by atoms with Crippen LogP contribution in [0.2, 0.25) is 0 Å². The average Bonchev–Trinajstić information content (AvgIpc) is 2.71. The summed E-state index contributed by atoms with van der Waals surface area (Å²) in [5.74, 6) is -0.124. The Kier molecular flexibility index (Phi) is 6.16. The number of carbonyl (C=O) groups excluding carboxylic acids is 2. The van der Waals surface area contributed by atoms with E-state index in [2.05, 4.69) is 20.6 Å². The SMILES string of the molecule is CCc1ccccc1NC(=O)CNC(=O)CCc1nc2ccccc2c(=O)[nH]1. The van der Waals surface area contributed by atoms with Crippen LogP contribution >= 0.6 is 0 Å². The second-order valence-corrected chi connectivity index (χ2v) is 6.37. The third-order valence-corrected chi connectivity index (χ3v) is 4.37. The minimum absolute atomic E-state index is 0.113. The molecule has 0 spiro atoms. The Labute approximate surface area is 162 Å². The Morgan fingerprint density at radius 1 is 1.04 bits per heavy atom. The summed E-state index contributed by atoms with van der Waals surface area (Å²) < 4.78 is 0. The molecule has 0 saturated carbocycles. The number of anilines is 1. The van der Waals surface area contributed by atoms with Gasteiger partial charge in [-0.15, -0.1) is 0 Å². The zero-order valence-corrected chi connectivity index (χ0v) is 15.6. The molecule has 7 heteroatoms. The van der Waals surface area contributed by atoms with Crippen molar-refractivity contribution in [3.63, 3.8) is 0 Å². The fourth-order valence-corrected chi connectivity index (χ4v) is 2.90. The van der Waals surface area contributed by atoms with E-state index >= 15 is 0 Å².